The van der Waals surface area contributed by atoms with Crippen LogP contribution in [0, 0.1) is 6.92 Å². The number of benzene rings is 1. The van der Waals surface area contributed by atoms with Crippen LogP contribution in [-0.2, 0) is 6.54 Å². The molecule has 6 heteroatoms. The van der Waals surface area contributed by atoms with Crippen molar-refractivity contribution in [3.8, 4) is 0 Å². The van der Waals surface area contributed by atoms with Crippen molar-refractivity contribution in [2.24, 2.45) is 0 Å². The third-order valence-electron chi connectivity index (χ3n) is 3.09. The Morgan fingerprint density at radius 2 is 1.95 bits per heavy atom. The van der Waals surface area contributed by atoms with E-state index >= 15 is 0 Å². The van der Waals surface area contributed by atoms with Crippen molar-refractivity contribution in [2.45, 2.75) is 13.5 Å². The van der Waals surface area contributed by atoms with E-state index in [0.717, 1.165) is 43.9 Å². The Labute approximate surface area is 134 Å². The second-order valence-electron chi connectivity index (χ2n) is 4.49. The van der Waals surface area contributed by atoms with Gasteiger partial charge in [0.1, 0.15) is 0 Å². The molecule has 108 valence electrons. The molecule has 0 atom stereocenters. The van der Waals surface area contributed by atoms with Crippen molar-refractivity contribution < 1.29 is 9.90 Å². The van der Waals surface area contributed by atoms with Crippen molar-refractivity contribution in [1.29, 1.82) is 0 Å². The standard InChI is InChI=1S/C13H18N2O2.2BrH/c1-10-2-3-12(13(16)17)11(8-10)9-15-6-4-14-5-7-15;;/h2-3,8,14H,4-7,9H2,1H3,(H,16,17);2*1H. The van der Waals surface area contributed by atoms with Crippen molar-refractivity contribution in [2.75, 3.05) is 26.2 Å². The first-order valence-electron chi connectivity index (χ1n) is 5.93. The lowest BCUT2D eigenvalue weighted by Gasteiger charge is -2.27. The summed E-state index contributed by atoms with van der Waals surface area (Å²) < 4.78 is 0. The van der Waals surface area contributed by atoms with Gasteiger partial charge < -0.3 is 10.4 Å². The monoisotopic (exact) mass is 394 g/mol. The largest absolute Gasteiger partial charge is 0.478 e. The lowest BCUT2D eigenvalue weighted by Crippen LogP contribution is -2.43. The highest BCUT2D eigenvalue weighted by molar-refractivity contribution is 8.93. The zero-order chi connectivity index (χ0) is 12.3. The fraction of sp³-hybridized carbons (Fsp3) is 0.462. The molecule has 19 heavy (non-hydrogen) atoms. The maximum atomic E-state index is 11.1. The minimum Gasteiger partial charge on any atom is -0.478 e. The minimum atomic E-state index is -0.838. The Kier molecular flexibility index (Phi) is 8.49. The highest BCUT2D eigenvalue weighted by atomic mass is 79.9. The Morgan fingerprint density at radius 3 is 2.53 bits per heavy atom. The molecule has 1 fully saturated rings. The van der Waals surface area contributed by atoms with Crippen molar-refractivity contribution in [3.05, 3.63) is 34.9 Å². The van der Waals surface area contributed by atoms with Crippen molar-refractivity contribution in [3.63, 3.8) is 0 Å². The van der Waals surface area contributed by atoms with E-state index in [2.05, 4.69) is 10.2 Å². The first-order valence-corrected chi connectivity index (χ1v) is 5.93. The van der Waals surface area contributed by atoms with E-state index in [4.69, 9.17) is 5.11 Å². The zero-order valence-electron chi connectivity index (χ0n) is 10.9. The predicted octanol–water partition coefficient (Wildman–Crippen LogP) is 2.25. The molecular weight excluding hydrogens is 376 g/mol. The molecule has 1 aromatic carbocycles. The number of nitrogens with one attached hydrogen (secondary N) is 1. The molecule has 0 aromatic heterocycles. The average Bonchev–Trinajstić information content (AvgIpc) is 2.30. The van der Waals surface area contributed by atoms with Crippen LogP contribution in [0.15, 0.2) is 18.2 Å². The van der Waals surface area contributed by atoms with Gasteiger partial charge in [-0.25, -0.2) is 4.79 Å². The summed E-state index contributed by atoms with van der Waals surface area (Å²) in [6.45, 7) is 6.64. The van der Waals surface area contributed by atoms with Gasteiger partial charge in [-0.3, -0.25) is 4.90 Å². The SMILES string of the molecule is Br.Br.Cc1ccc(C(=O)O)c(CN2CCNCC2)c1. The summed E-state index contributed by atoms with van der Waals surface area (Å²) in [5.41, 5.74) is 2.45. The molecule has 1 heterocycles. The van der Waals surface area contributed by atoms with Crippen molar-refractivity contribution in [1.82, 2.24) is 10.2 Å². The number of piperazine rings is 1. The molecular formula is C13H20Br2N2O2. The normalized spacial score (nSPS) is 15.2. The first kappa shape index (κ1) is 18.6. The van der Waals surface area contributed by atoms with Gasteiger partial charge in [0, 0.05) is 32.7 Å². The first-order chi connectivity index (χ1) is 8.16. The summed E-state index contributed by atoms with van der Waals surface area (Å²) in [6, 6.07) is 5.53. The Balaban J connectivity index is 0.00000162. The Morgan fingerprint density at radius 1 is 1.32 bits per heavy atom. The summed E-state index contributed by atoms with van der Waals surface area (Å²) in [6.07, 6.45) is 0. The number of halogens is 2. The van der Waals surface area contributed by atoms with E-state index in [0.29, 0.717) is 5.56 Å². The number of rotatable bonds is 3. The predicted molar refractivity (Wildman–Crippen MR) is 86.9 cm³/mol. The van der Waals surface area contributed by atoms with Gasteiger partial charge in [-0.1, -0.05) is 17.7 Å². The molecule has 0 aliphatic carbocycles. The lowest BCUT2D eigenvalue weighted by molar-refractivity contribution is 0.0694. The van der Waals surface area contributed by atoms with Crippen LogP contribution in [0.1, 0.15) is 21.5 Å². The Bertz CT molecular complexity index is 421. The van der Waals surface area contributed by atoms with Crippen LogP contribution < -0.4 is 5.32 Å². The van der Waals surface area contributed by atoms with Gasteiger partial charge >= 0.3 is 5.97 Å². The lowest BCUT2D eigenvalue weighted by atomic mass is 10.0. The molecule has 0 bridgehead atoms. The zero-order valence-corrected chi connectivity index (χ0v) is 14.3. The number of aryl methyl sites for hydroxylation is 1. The number of hydrogen-bond acceptors (Lipinski definition) is 3. The topological polar surface area (TPSA) is 52.6 Å². The van der Waals surface area contributed by atoms with Crippen LogP contribution in [0.2, 0.25) is 0 Å². The van der Waals surface area contributed by atoms with Crippen LogP contribution in [0.5, 0.6) is 0 Å². The fourth-order valence-electron chi connectivity index (χ4n) is 2.17. The van der Waals surface area contributed by atoms with E-state index in [9.17, 15) is 4.79 Å². The maximum absolute atomic E-state index is 11.1. The van der Waals surface area contributed by atoms with Gasteiger partial charge in [0.2, 0.25) is 0 Å². The maximum Gasteiger partial charge on any atom is 0.336 e. The van der Waals surface area contributed by atoms with Gasteiger partial charge in [0.25, 0.3) is 0 Å². The molecule has 1 aliphatic heterocycles. The molecule has 0 unspecified atom stereocenters. The van der Waals surface area contributed by atoms with Crippen LogP contribution >= 0.6 is 34.0 Å². The molecule has 4 nitrogen and oxygen atoms in total. The van der Waals surface area contributed by atoms with E-state index < -0.39 is 5.97 Å². The van der Waals surface area contributed by atoms with Crippen LogP contribution in [-0.4, -0.2) is 42.2 Å². The van der Waals surface area contributed by atoms with Gasteiger partial charge in [0.15, 0.2) is 0 Å². The highest BCUT2D eigenvalue weighted by Crippen LogP contribution is 2.14. The minimum absolute atomic E-state index is 0. The molecule has 0 spiro atoms. The Hall–Kier alpha value is -0.430. The third-order valence-corrected chi connectivity index (χ3v) is 3.09. The summed E-state index contributed by atoms with van der Waals surface area (Å²) >= 11 is 0. The van der Waals surface area contributed by atoms with Gasteiger partial charge in [-0.2, -0.15) is 0 Å². The average molecular weight is 396 g/mol. The molecule has 0 saturated carbocycles. The molecule has 0 radical (unpaired) electrons. The van der Waals surface area contributed by atoms with Gasteiger partial charge in [0.05, 0.1) is 5.56 Å². The molecule has 1 saturated heterocycles. The molecule has 2 rings (SSSR count). The summed E-state index contributed by atoms with van der Waals surface area (Å²) in [4.78, 5) is 13.4. The van der Waals surface area contributed by atoms with Crippen LogP contribution in [0.3, 0.4) is 0 Å². The molecule has 1 aliphatic rings. The number of carbonyl (C=O) groups is 1. The number of carboxylic acids is 1. The summed E-state index contributed by atoms with van der Waals surface area (Å²) in [5.74, 6) is -0.838. The second-order valence-corrected chi connectivity index (χ2v) is 4.49. The van der Waals surface area contributed by atoms with Gasteiger partial charge in [-0.15, -0.1) is 34.0 Å². The quantitative estimate of drug-likeness (QED) is 0.824. The summed E-state index contributed by atoms with van der Waals surface area (Å²) in [5, 5.41) is 12.4. The molecule has 0 amide bonds. The number of aromatic carboxylic acids is 1. The summed E-state index contributed by atoms with van der Waals surface area (Å²) in [7, 11) is 0. The van der Waals surface area contributed by atoms with E-state index in [1.807, 2.05) is 19.1 Å². The van der Waals surface area contributed by atoms with Crippen LogP contribution in [0.25, 0.3) is 0 Å². The number of carboxylic acid groups (broad SMARTS) is 1. The smallest absolute Gasteiger partial charge is 0.336 e. The van der Waals surface area contributed by atoms with Gasteiger partial charge in [-0.05, 0) is 18.6 Å². The van der Waals surface area contributed by atoms with Crippen LogP contribution in [0.4, 0.5) is 0 Å². The third kappa shape index (κ3) is 5.22. The highest BCUT2D eigenvalue weighted by Gasteiger charge is 2.15. The molecule has 1 aromatic rings. The van der Waals surface area contributed by atoms with Crippen molar-refractivity contribution >= 4 is 39.9 Å². The van der Waals surface area contributed by atoms with E-state index in [-0.39, 0.29) is 34.0 Å². The van der Waals surface area contributed by atoms with E-state index in [1.165, 1.54) is 0 Å². The van der Waals surface area contributed by atoms with E-state index in [1.54, 1.807) is 6.07 Å². The second kappa shape index (κ2) is 8.68. The fourth-order valence-corrected chi connectivity index (χ4v) is 2.17. The number of hydrogen-bond donors (Lipinski definition) is 2. The number of nitrogens with zero attached hydrogens (tertiary/aromatic N) is 1. The molecule has 2 N–H and O–H groups in total.